The Hall–Kier alpha value is -2.04. The molecule has 0 bridgehead atoms. The van der Waals surface area contributed by atoms with Gasteiger partial charge in [-0.3, -0.25) is 9.59 Å². The summed E-state index contributed by atoms with van der Waals surface area (Å²) in [6, 6.07) is 3.33. The zero-order valence-corrected chi connectivity index (χ0v) is 10.6. The number of hydrogen-bond acceptors (Lipinski definition) is 5. The second-order valence-electron chi connectivity index (χ2n) is 3.91. The number of methoxy groups -OCH3 is 2. The van der Waals surface area contributed by atoms with E-state index in [0.29, 0.717) is 5.76 Å². The van der Waals surface area contributed by atoms with Crippen molar-refractivity contribution in [3.8, 4) is 0 Å². The molecule has 1 aromatic heterocycles. The number of furan rings is 1. The zero-order chi connectivity index (χ0) is 13.8. The summed E-state index contributed by atoms with van der Waals surface area (Å²) in [6.07, 6.45) is 2.92. The van der Waals surface area contributed by atoms with E-state index in [4.69, 9.17) is 4.42 Å². The van der Waals surface area contributed by atoms with Crippen molar-refractivity contribution in [1.82, 2.24) is 0 Å². The lowest BCUT2D eigenvalue weighted by Gasteiger charge is -2.29. The number of esters is 2. The van der Waals surface area contributed by atoms with Crippen LogP contribution in [-0.2, 0) is 19.1 Å². The molecule has 0 saturated carbocycles. The Morgan fingerprint density at radius 2 is 1.94 bits per heavy atom. The molecule has 5 heteroatoms. The van der Waals surface area contributed by atoms with Crippen LogP contribution < -0.4 is 0 Å². The maximum Gasteiger partial charge on any atom is 0.324 e. The van der Waals surface area contributed by atoms with Gasteiger partial charge in [-0.2, -0.15) is 0 Å². The number of carbonyl (C=O) groups is 2. The van der Waals surface area contributed by atoms with E-state index >= 15 is 0 Å². The second kappa shape index (κ2) is 5.53. The molecule has 5 nitrogen and oxygen atoms in total. The van der Waals surface area contributed by atoms with E-state index < -0.39 is 23.3 Å². The number of rotatable bonds is 5. The molecule has 1 aromatic rings. The summed E-state index contributed by atoms with van der Waals surface area (Å²) in [5.74, 6) is -1.61. The Balaban J connectivity index is 3.28. The Kier molecular flexibility index (Phi) is 4.31. The first-order valence-corrected chi connectivity index (χ1v) is 5.35. The lowest BCUT2D eigenvalue weighted by atomic mass is 9.75. The highest BCUT2D eigenvalue weighted by atomic mass is 16.5. The number of carbonyl (C=O) groups excluding carboxylic acids is 2. The summed E-state index contributed by atoms with van der Waals surface area (Å²) in [5, 5.41) is 0. The van der Waals surface area contributed by atoms with Gasteiger partial charge in [0.05, 0.1) is 26.4 Å². The molecule has 1 atom stereocenters. The van der Waals surface area contributed by atoms with Crippen molar-refractivity contribution in [2.75, 3.05) is 14.2 Å². The van der Waals surface area contributed by atoms with E-state index in [1.807, 2.05) is 0 Å². The van der Waals surface area contributed by atoms with Crippen LogP contribution >= 0.6 is 0 Å². The molecule has 98 valence electrons. The van der Waals surface area contributed by atoms with E-state index in [9.17, 15) is 9.59 Å². The van der Waals surface area contributed by atoms with Crippen LogP contribution in [0.25, 0.3) is 0 Å². The predicted octanol–water partition coefficient (Wildman–Crippen LogP) is 1.90. The summed E-state index contributed by atoms with van der Waals surface area (Å²) >= 11 is 0. The van der Waals surface area contributed by atoms with Crippen molar-refractivity contribution < 1.29 is 23.5 Å². The molecule has 0 spiro atoms. The summed E-state index contributed by atoms with van der Waals surface area (Å²) < 4.78 is 14.6. The number of hydrogen-bond donors (Lipinski definition) is 0. The molecule has 1 heterocycles. The first-order valence-electron chi connectivity index (χ1n) is 5.35. The lowest BCUT2D eigenvalue weighted by molar-refractivity contribution is -0.169. The Labute approximate surface area is 105 Å². The lowest BCUT2D eigenvalue weighted by Crippen LogP contribution is -2.43. The fourth-order valence-electron chi connectivity index (χ4n) is 1.87. The Morgan fingerprint density at radius 3 is 2.28 bits per heavy atom. The maximum atomic E-state index is 11.9. The van der Waals surface area contributed by atoms with E-state index in [0.717, 1.165) is 0 Å². The third-order valence-corrected chi connectivity index (χ3v) is 2.93. The molecule has 18 heavy (non-hydrogen) atoms. The molecular formula is C13H16O5. The normalized spacial score (nSPS) is 12.6. The predicted molar refractivity (Wildman–Crippen MR) is 63.8 cm³/mol. The molecule has 1 rings (SSSR count). The number of ether oxygens (including phenoxy) is 2. The van der Waals surface area contributed by atoms with E-state index in [-0.39, 0.29) is 0 Å². The van der Waals surface area contributed by atoms with Gasteiger partial charge in [0.25, 0.3) is 0 Å². The van der Waals surface area contributed by atoms with Gasteiger partial charge in [0.15, 0.2) is 5.41 Å². The first-order chi connectivity index (χ1) is 8.52. The van der Waals surface area contributed by atoms with Crippen LogP contribution in [-0.4, -0.2) is 26.2 Å². The molecule has 0 aromatic carbocycles. The average Bonchev–Trinajstić information content (AvgIpc) is 2.90. The molecule has 0 aliphatic rings. The summed E-state index contributed by atoms with van der Waals surface area (Å²) in [6.45, 7) is 5.08. The average molecular weight is 252 g/mol. The standard InChI is InChI=1S/C13H16O5/c1-5-9(10-7-6-8-18-10)13(2,11(14)16-3)12(15)17-4/h5-9H,1H2,2-4H3/t9-/m0/s1. The van der Waals surface area contributed by atoms with Crippen LogP contribution in [0.2, 0.25) is 0 Å². The topological polar surface area (TPSA) is 65.7 Å². The van der Waals surface area contributed by atoms with E-state index in [2.05, 4.69) is 16.1 Å². The van der Waals surface area contributed by atoms with Crippen LogP contribution in [0.4, 0.5) is 0 Å². The monoisotopic (exact) mass is 252 g/mol. The largest absolute Gasteiger partial charge is 0.469 e. The smallest absolute Gasteiger partial charge is 0.324 e. The van der Waals surface area contributed by atoms with Gasteiger partial charge in [0.1, 0.15) is 5.76 Å². The molecule has 0 unspecified atom stereocenters. The summed E-state index contributed by atoms with van der Waals surface area (Å²) in [7, 11) is 2.43. The molecule has 0 N–H and O–H groups in total. The second-order valence-corrected chi connectivity index (χ2v) is 3.91. The van der Waals surface area contributed by atoms with E-state index in [1.54, 1.807) is 12.1 Å². The molecule has 0 saturated heterocycles. The fourth-order valence-corrected chi connectivity index (χ4v) is 1.87. The van der Waals surface area contributed by atoms with Crippen LogP contribution in [0.5, 0.6) is 0 Å². The minimum atomic E-state index is -1.52. The van der Waals surface area contributed by atoms with Crippen molar-refractivity contribution in [1.29, 1.82) is 0 Å². The summed E-state index contributed by atoms with van der Waals surface area (Å²) in [4.78, 5) is 23.8. The molecule has 0 amide bonds. The van der Waals surface area contributed by atoms with Crippen molar-refractivity contribution in [3.05, 3.63) is 36.8 Å². The van der Waals surface area contributed by atoms with Crippen molar-refractivity contribution in [2.24, 2.45) is 5.41 Å². The van der Waals surface area contributed by atoms with Gasteiger partial charge in [-0.05, 0) is 19.1 Å². The van der Waals surface area contributed by atoms with Crippen LogP contribution in [0.1, 0.15) is 18.6 Å². The molecular weight excluding hydrogens is 236 g/mol. The van der Waals surface area contributed by atoms with Gasteiger partial charge in [0, 0.05) is 0 Å². The molecule has 0 fully saturated rings. The van der Waals surface area contributed by atoms with Gasteiger partial charge in [-0.1, -0.05) is 6.08 Å². The molecule has 0 aliphatic carbocycles. The van der Waals surface area contributed by atoms with Crippen LogP contribution in [0.15, 0.2) is 35.5 Å². The first kappa shape index (κ1) is 14.0. The highest BCUT2D eigenvalue weighted by Gasteiger charge is 2.51. The Bertz CT molecular complexity index is 416. The fraction of sp³-hybridized carbons (Fsp3) is 0.385. The quantitative estimate of drug-likeness (QED) is 0.455. The van der Waals surface area contributed by atoms with Gasteiger partial charge in [-0.15, -0.1) is 6.58 Å². The minimum Gasteiger partial charge on any atom is -0.469 e. The highest BCUT2D eigenvalue weighted by Crippen LogP contribution is 2.39. The highest BCUT2D eigenvalue weighted by molar-refractivity contribution is 6.01. The Morgan fingerprint density at radius 1 is 1.39 bits per heavy atom. The maximum absolute atomic E-state index is 11.9. The third kappa shape index (κ3) is 2.16. The summed E-state index contributed by atoms with van der Waals surface area (Å²) in [5.41, 5.74) is -1.52. The van der Waals surface area contributed by atoms with Gasteiger partial charge in [0.2, 0.25) is 0 Å². The van der Waals surface area contributed by atoms with Crippen LogP contribution in [0.3, 0.4) is 0 Å². The number of allylic oxidation sites excluding steroid dienone is 1. The minimum absolute atomic E-state index is 0.448. The third-order valence-electron chi connectivity index (χ3n) is 2.93. The van der Waals surface area contributed by atoms with Gasteiger partial charge >= 0.3 is 11.9 Å². The van der Waals surface area contributed by atoms with Crippen molar-refractivity contribution in [3.63, 3.8) is 0 Å². The zero-order valence-electron chi connectivity index (χ0n) is 10.6. The SMILES string of the molecule is C=C[C@@H](c1ccco1)C(C)(C(=O)OC)C(=O)OC. The van der Waals surface area contributed by atoms with Gasteiger partial charge in [-0.25, -0.2) is 0 Å². The van der Waals surface area contributed by atoms with E-state index in [1.165, 1.54) is 33.5 Å². The molecule has 0 aliphatic heterocycles. The van der Waals surface area contributed by atoms with Crippen molar-refractivity contribution >= 4 is 11.9 Å². The molecule has 0 radical (unpaired) electrons. The van der Waals surface area contributed by atoms with Crippen molar-refractivity contribution in [2.45, 2.75) is 12.8 Å². The van der Waals surface area contributed by atoms with Crippen LogP contribution in [0, 0.1) is 5.41 Å². The van der Waals surface area contributed by atoms with Gasteiger partial charge < -0.3 is 13.9 Å².